The SMILES string of the molecule is c1ccc(-c2cccc(N(c3ccc(-c4ccc(-c5cccc(-c6oc7ccccc7c6-c6ccccc6)c5)cc4)cc3)c3ccccc3-c3ccccc3)c2)cc1. The van der Waals surface area contributed by atoms with E-state index in [1.54, 1.807) is 0 Å². The lowest BCUT2D eigenvalue weighted by molar-refractivity contribution is 0.632. The molecule has 0 aliphatic carbocycles. The highest BCUT2D eigenvalue weighted by molar-refractivity contribution is 6.02. The van der Waals surface area contributed by atoms with Crippen molar-refractivity contribution in [1.82, 2.24) is 0 Å². The van der Waals surface area contributed by atoms with Gasteiger partial charge in [0.25, 0.3) is 0 Å². The van der Waals surface area contributed by atoms with Gasteiger partial charge in [0, 0.05) is 33.5 Å². The number of fused-ring (bicyclic) bond motifs is 1. The van der Waals surface area contributed by atoms with Crippen LogP contribution in [-0.2, 0) is 0 Å². The lowest BCUT2D eigenvalue weighted by Crippen LogP contribution is -2.11. The van der Waals surface area contributed by atoms with Crippen molar-refractivity contribution in [3.63, 3.8) is 0 Å². The molecular weight excluding hydrogens is 703 g/mol. The maximum Gasteiger partial charge on any atom is 0.143 e. The third kappa shape index (κ3) is 6.78. The van der Waals surface area contributed by atoms with E-state index in [0.29, 0.717) is 0 Å². The molecule has 2 nitrogen and oxygen atoms in total. The number of rotatable bonds is 9. The smallest absolute Gasteiger partial charge is 0.143 e. The van der Waals surface area contributed by atoms with Crippen LogP contribution in [0.1, 0.15) is 0 Å². The van der Waals surface area contributed by atoms with Crippen molar-refractivity contribution in [3.8, 4) is 67.0 Å². The molecule has 0 aliphatic rings. The van der Waals surface area contributed by atoms with Crippen molar-refractivity contribution in [1.29, 1.82) is 0 Å². The lowest BCUT2D eigenvalue weighted by Gasteiger charge is -2.28. The summed E-state index contributed by atoms with van der Waals surface area (Å²) >= 11 is 0. The predicted octanol–water partition coefficient (Wildman–Crippen LogP) is 15.9. The maximum atomic E-state index is 6.54. The van der Waals surface area contributed by atoms with E-state index in [4.69, 9.17) is 4.42 Å². The quantitative estimate of drug-likeness (QED) is 0.146. The zero-order valence-corrected chi connectivity index (χ0v) is 31.9. The highest BCUT2D eigenvalue weighted by Gasteiger charge is 2.19. The van der Waals surface area contributed by atoms with Crippen molar-refractivity contribution in [2.45, 2.75) is 0 Å². The zero-order chi connectivity index (χ0) is 38.7. The molecule has 1 aromatic heterocycles. The first-order valence-electron chi connectivity index (χ1n) is 19.8. The fourth-order valence-electron chi connectivity index (χ4n) is 8.05. The average Bonchev–Trinajstić information content (AvgIpc) is 3.71. The van der Waals surface area contributed by atoms with Crippen molar-refractivity contribution in [3.05, 3.63) is 237 Å². The molecule has 0 fully saturated rings. The van der Waals surface area contributed by atoms with Gasteiger partial charge in [-0.15, -0.1) is 0 Å². The van der Waals surface area contributed by atoms with Crippen LogP contribution in [0, 0.1) is 0 Å². The first kappa shape index (κ1) is 34.8. The van der Waals surface area contributed by atoms with Crippen LogP contribution in [0.5, 0.6) is 0 Å². The van der Waals surface area contributed by atoms with Crippen LogP contribution in [0.4, 0.5) is 17.1 Å². The molecule has 10 rings (SSSR count). The number of nitrogens with zero attached hydrogens (tertiary/aromatic N) is 1. The number of para-hydroxylation sites is 2. The number of hydrogen-bond donors (Lipinski definition) is 0. The Hall–Kier alpha value is -7.68. The highest BCUT2D eigenvalue weighted by atomic mass is 16.3. The summed E-state index contributed by atoms with van der Waals surface area (Å²) in [6.45, 7) is 0. The Balaban J connectivity index is 0.984. The molecule has 9 aromatic carbocycles. The molecule has 0 atom stereocenters. The topological polar surface area (TPSA) is 16.4 Å². The number of hydrogen-bond acceptors (Lipinski definition) is 2. The minimum absolute atomic E-state index is 0.887. The van der Waals surface area contributed by atoms with E-state index >= 15 is 0 Å². The summed E-state index contributed by atoms with van der Waals surface area (Å²) in [5.74, 6) is 0.887. The molecule has 0 spiro atoms. The summed E-state index contributed by atoms with van der Waals surface area (Å²) in [4.78, 5) is 2.37. The molecule has 0 saturated heterocycles. The molecule has 0 amide bonds. The van der Waals surface area contributed by atoms with E-state index in [1.165, 1.54) is 22.3 Å². The van der Waals surface area contributed by atoms with Gasteiger partial charge in [-0.2, -0.15) is 0 Å². The summed E-state index contributed by atoms with van der Waals surface area (Å²) in [5.41, 5.74) is 16.9. The molecule has 10 aromatic rings. The van der Waals surface area contributed by atoms with Gasteiger partial charge in [-0.05, 0) is 87.0 Å². The van der Waals surface area contributed by atoms with Crippen LogP contribution in [0.15, 0.2) is 241 Å². The fraction of sp³-hybridized carbons (Fsp3) is 0. The van der Waals surface area contributed by atoms with E-state index in [9.17, 15) is 0 Å². The molecule has 0 aliphatic heterocycles. The van der Waals surface area contributed by atoms with Gasteiger partial charge in [0.2, 0.25) is 0 Å². The van der Waals surface area contributed by atoms with E-state index in [-0.39, 0.29) is 0 Å². The van der Waals surface area contributed by atoms with E-state index in [2.05, 4.69) is 229 Å². The summed E-state index contributed by atoms with van der Waals surface area (Å²) in [5, 5.41) is 1.12. The predicted molar refractivity (Wildman–Crippen MR) is 244 cm³/mol. The Kier molecular flexibility index (Phi) is 9.27. The molecule has 0 unspecified atom stereocenters. The Morgan fingerprint density at radius 3 is 1.48 bits per heavy atom. The number of benzene rings is 9. The Bertz CT molecular complexity index is 2970. The standard InChI is InChI=1S/C56H39NO/c1-4-16-40(17-5-1)47-23-15-25-50(39-47)57(53-28-12-10-26-51(53)44-18-6-2-7-19-44)49-36-34-42(35-37-49)41-30-32-43(33-31-41)46-22-14-24-48(38-46)56-55(45-20-8-3-9-21-45)52-27-11-13-29-54(52)58-56/h1-39H. The largest absolute Gasteiger partial charge is 0.455 e. The molecule has 274 valence electrons. The second-order valence-electron chi connectivity index (χ2n) is 14.5. The van der Waals surface area contributed by atoms with Gasteiger partial charge in [0.1, 0.15) is 11.3 Å². The van der Waals surface area contributed by atoms with Gasteiger partial charge >= 0.3 is 0 Å². The third-order valence-corrected chi connectivity index (χ3v) is 10.9. The maximum absolute atomic E-state index is 6.54. The second-order valence-corrected chi connectivity index (χ2v) is 14.5. The third-order valence-electron chi connectivity index (χ3n) is 10.9. The monoisotopic (exact) mass is 741 g/mol. The van der Waals surface area contributed by atoms with Crippen molar-refractivity contribution in [2.24, 2.45) is 0 Å². The van der Waals surface area contributed by atoms with Crippen LogP contribution in [-0.4, -0.2) is 0 Å². The van der Waals surface area contributed by atoms with Gasteiger partial charge in [-0.3, -0.25) is 0 Å². The van der Waals surface area contributed by atoms with Crippen LogP contribution in [0.25, 0.3) is 77.9 Å². The Morgan fingerprint density at radius 2 is 0.776 bits per heavy atom. The van der Waals surface area contributed by atoms with Crippen molar-refractivity contribution >= 4 is 28.0 Å². The summed E-state index contributed by atoms with van der Waals surface area (Å²) < 4.78 is 6.54. The molecule has 0 radical (unpaired) electrons. The first-order chi connectivity index (χ1) is 28.8. The van der Waals surface area contributed by atoms with Crippen molar-refractivity contribution in [2.75, 3.05) is 4.90 Å². The molecule has 1 heterocycles. The molecule has 0 saturated carbocycles. The minimum Gasteiger partial charge on any atom is -0.455 e. The summed E-state index contributed by atoms with van der Waals surface area (Å²) in [6, 6.07) is 84.0. The molecule has 0 bridgehead atoms. The fourth-order valence-corrected chi connectivity index (χ4v) is 8.05. The normalized spacial score (nSPS) is 11.1. The number of furan rings is 1. The van der Waals surface area contributed by atoms with Crippen LogP contribution >= 0.6 is 0 Å². The highest BCUT2D eigenvalue weighted by Crippen LogP contribution is 2.44. The van der Waals surface area contributed by atoms with E-state index in [1.807, 2.05) is 12.1 Å². The van der Waals surface area contributed by atoms with Gasteiger partial charge in [0.15, 0.2) is 0 Å². The summed E-state index contributed by atoms with van der Waals surface area (Å²) in [7, 11) is 0. The second kappa shape index (κ2) is 15.5. The van der Waals surface area contributed by atoms with Gasteiger partial charge in [-0.25, -0.2) is 0 Å². The van der Waals surface area contributed by atoms with E-state index < -0.39 is 0 Å². The average molecular weight is 742 g/mol. The van der Waals surface area contributed by atoms with Crippen molar-refractivity contribution < 1.29 is 4.42 Å². The molecule has 58 heavy (non-hydrogen) atoms. The zero-order valence-electron chi connectivity index (χ0n) is 31.9. The minimum atomic E-state index is 0.887. The van der Waals surface area contributed by atoms with Gasteiger partial charge in [0.05, 0.1) is 5.69 Å². The van der Waals surface area contributed by atoms with Gasteiger partial charge in [-0.1, -0.05) is 194 Å². The first-order valence-corrected chi connectivity index (χ1v) is 19.8. The number of anilines is 3. The Morgan fingerprint density at radius 1 is 0.293 bits per heavy atom. The van der Waals surface area contributed by atoms with Gasteiger partial charge < -0.3 is 9.32 Å². The molecular formula is C56H39NO. The van der Waals surface area contributed by atoms with E-state index in [0.717, 1.165) is 72.7 Å². The van der Waals surface area contributed by atoms with Crippen LogP contribution in [0.2, 0.25) is 0 Å². The molecule has 2 heteroatoms. The summed E-state index contributed by atoms with van der Waals surface area (Å²) in [6.07, 6.45) is 0. The molecule has 0 N–H and O–H groups in total. The van der Waals surface area contributed by atoms with Crippen LogP contribution in [0.3, 0.4) is 0 Å². The Labute approximate surface area is 339 Å². The van der Waals surface area contributed by atoms with Crippen LogP contribution < -0.4 is 4.90 Å². The lowest BCUT2D eigenvalue weighted by atomic mass is 9.95.